The second kappa shape index (κ2) is 6.64. The van der Waals surface area contributed by atoms with Crippen molar-refractivity contribution in [2.24, 2.45) is 0 Å². The van der Waals surface area contributed by atoms with Crippen LogP contribution < -0.4 is 5.32 Å². The van der Waals surface area contributed by atoms with E-state index in [1.165, 1.54) is 19.3 Å². The van der Waals surface area contributed by atoms with E-state index in [-0.39, 0.29) is 18.4 Å². The van der Waals surface area contributed by atoms with Crippen molar-refractivity contribution in [2.45, 2.75) is 44.4 Å². The Morgan fingerprint density at radius 1 is 1.33 bits per heavy atom. The van der Waals surface area contributed by atoms with Crippen LogP contribution in [-0.2, 0) is 11.3 Å². The highest BCUT2D eigenvalue weighted by Gasteiger charge is 2.39. The number of hydrogen-bond acceptors (Lipinski definition) is 5. The quantitative estimate of drug-likeness (QED) is 0.814. The largest absolute Gasteiger partial charge is 0.457 e. The summed E-state index contributed by atoms with van der Waals surface area (Å²) in [4.78, 5) is 14.0. The van der Waals surface area contributed by atoms with Gasteiger partial charge in [-0.15, -0.1) is 12.4 Å². The number of nitrogens with zero attached hydrogens (tertiary/aromatic N) is 1. The minimum absolute atomic E-state index is 0. The van der Waals surface area contributed by atoms with E-state index in [2.05, 4.69) is 10.2 Å². The Morgan fingerprint density at radius 3 is 2.67 bits per heavy atom. The number of ether oxygens (including phenoxy) is 1. The number of esters is 1. The van der Waals surface area contributed by atoms with Crippen molar-refractivity contribution in [3.05, 3.63) is 34.4 Å². The first-order valence-corrected chi connectivity index (χ1v) is 8.53. The van der Waals surface area contributed by atoms with Crippen molar-refractivity contribution in [3.8, 4) is 0 Å². The lowest BCUT2D eigenvalue weighted by molar-refractivity contribution is 0.0496. The fraction of sp³-hybridized carbons (Fsp3) is 0.611. The zero-order valence-corrected chi connectivity index (χ0v) is 14.8. The summed E-state index contributed by atoms with van der Waals surface area (Å²) >= 11 is 0. The van der Waals surface area contributed by atoms with Crippen LogP contribution in [0.2, 0.25) is 0 Å². The van der Waals surface area contributed by atoms with Crippen molar-refractivity contribution in [1.82, 2.24) is 10.2 Å². The first kappa shape index (κ1) is 17.7. The first-order valence-electron chi connectivity index (χ1n) is 8.53. The van der Waals surface area contributed by atoms with Crippen molar-refractivity contribution < 1.29 is 14.6 Å². The third-order valence-corrected chi connectivity index (χ3v) is 5.91. The van der Waals surface area contributed by atoms with E-state index in [9.17, 15) is 9.90 Å². The molecule has 4 rings (SSSR count). The average molecular weight is 353 g/mol. The molecule has 0 saturated carbocycles. The zero-order chi connectivity index (χ0) is 16.0. The molecule has 6 heteroatoms. The van der Waals surface area contributed by atoms with Gasteiger partial charge in [-0.25, -0.2) is 4.79 Å². The van der Waals surface area contributed by atoms with Crippen LogP contribution in [0.15, 0.2) is 12.1 Å². The minimum Gasteiger partial charge on any atom is -0.457 e. The molecule has 2 fully saturated rings. The summed E-state index contributed by atoms with van der Waals surface area (Å²) in [5.74, 6) is -0.251. The summed E-state index contributed by atoms with van der Waals surface area (Å²) in [6.45, 7) is 6.19. The van der Waals surface area contributed by atoms with Crippen LogP contribution in [0.25, 0.3) is 0 Å². The van der Waals surface area contributed by atoms with Crippen LogP contribution in [0.5, 0.6) is 0 Å². The van der Waals surface area contributed by atoms with Crippen molar-refractivity contribution in [2.75, 3.05) is 26.2 Å². The normalized spacial score (nSPS) is 23.2. The highest BCUT2D eigenvalue weighted by atomic mass is 35.5. The van der Waals surface area contributed by atoms with Gasteiger partial charge in [-0.1, -0.05) is 6.07 Å². The lowest BCUT2D eigenvalue weighted by atomic mass is 9.79. The predicted octanol–water partition coefficient (Wildman–Crippen LogP) is 1.95. The molecule has 3 aliphatic rings. The van der Waals surface area contributed by atoms with Gasteiger partial charge in [-0.3, -0.25) is 0 Å². The number of fused-ring (bicyclic) bond motifs is 1. The monoisotopic (exact) mass is 352 g/mol. The average Bonchev–Trinajstić information content (AvgIpc) is 2.89. The molecule has 1 aromatic carbocycles. The maximum Gasteiger partial charge on any atom is 0.338 e. The van der Waals surface area contributed by atoms with Crippen molar-refractivity contribution in [1.29, 1.82) is 0 Å². The lowest BCUT2D eigenvalue weighted by Crippen LogP contribution is -2.62. The third-order valence-electron chi connectivity index (χ3n) is 5.91. The van der Waals surface area contributed by atoms with E-state index >= 15 is 0 Å². The molecule has 0 amide bonds. The van der Waals surface area contributed by atoms with Crippen LogP contribution >= 0.6 is 12.4 Å². The number of aliphatic hydroxyl groups is 1. The summed E-state index contributed by atoms with van der Waals surface area (Å²) in [6.07, 6.45) is 3.12. The molecule has 132 valence electrons. The number of carbonyl (C=O) groups is 1. The topological polar surface area (TPSA) is 61.8 Å². The molecule has 0 radical (unpaired) electrons. The summed E-state index contributed by atoms with van der Waals surface area (Å²) in [6, 6.07) is 3.67. The number of cyclic esters (lactones) is 1. The van der Waals surface area contributed by atoms with Crippen LogP contribution in [0, 0.1) is 6.92 Å². The maximum absolute atomic E-state index is 11.6. The number of benzene rings is 1. The SMILES string of the molecule is Cc1c([C@@H](O)CN2CCC3(CCN3)CC2)ccc2c1COC2=O.Cl. The summed E-state index contributed by atoms with van der Waals surface area (Å²) in [5, 5.41) is 14.2. The fourth-order valence-electron chi connectivity index (χ4n) is 4.14. The van der Waals surface area contributed by atoms with Crippen LogP contribution in [0.3, 0.4) is 0 Å². The third kappa shape index (κ3) is 2.94. The number of piperidine rings is 1. The molecule has 0 unspecified atom stereocenters. The molecule has 0 aromatic heterocycles. The highest BCUT2D eigenvalue weighted by molar-refractivity contribution is 5.93. The van der Waals surface area contributed by atoms with Gasteiger partial charge in [0.2, 0.25) is 0 Å². The Balaban J connectivity index is 0.00000169. The molecule has 0 aliphatic carbocycles. The molecule has 3 heterocycles. The molecule has 1 aromatic rings. The molecule has 2 saturated heterocycles. The number of aliphatic hydroxyl groups excluding tert-OH is 1. The zero-order valence-electron chi connectivity index (χ0n) is 14.0. The first-order chi connectivity index (χ1) is 11.1. The summed E-state index contributed by atoms with van der Waals surface area (Å²) in [5.41, 5.74) is 3.89. The Bertz CT molecular complexity index is 635. The van der Waals surface area contributed by atoms with E-state index in [0.717, 1.165) is 36.3 Å². The summed E-state index contributed by atoms with van der Waals surface area (Å²) < 4.78 is 5.09. The minimum atomic E-state index is -0.514. The molecular formula is C18H25ClN2O3. The summed E-state index contributed by atoms with van der Waals surface area (Å²) in [7, 11) is 0. The molecule has 1 atom stereocenters. The number of hydrogen-bond donors (Lipinski definition) is 2. The Morgan fingerprint density at radius 2 is 2.04 bits per heavy atom. The number of β-amino-alcohol motifs (C(OH)–C–C–N with tert-alkyl or cyclic N) is 1. The molecular weight excluding hydrogens is 328 g/mol. The maximum atomic E-state index is 11.6. The Kier molecular flexibility index (Phi) is 4.89. The molecule has 0 bridgehead atoms. The molecule has 2 N–H and O–H groups in total. The Hall–Kier alpha value is -1.14. The number of rotatable bonds is 3. The predicted molar refractivity (Wildman–Crippen MR) is 93.5 cm³/mol. The second-order valence-electron chi connectivity index (χ2n) is 7.16. The van der Waals surface area contributed by atoms with Crippen molar-refractivity contribution >= 4 is 18.4 Å². The standard InChI is InChI=1S/C18H24N2O3.ClH/c1-12-13(2-3-14-15(12)11-23-17(14)22)16(21)10-20-8-5-18(6-9-20)4-7-19-18;/h2-3,16,19,21H,4-11H2,1H3;1H/t16-;/m0./s1. The number of likely N-dealkylation sites (tertiary alicyclic amines) is 1. The van der Waals surface area contributed by atoms with Crippen LogP contribution in [0.4, 0.5) is 0 Å². The van der Waals surface area contributed by atoms with Gasteiger partial charge in [0.05, 0.1) is 11.7 Å². The molecule has 24 heavy (non-hydrogen) atoms. The smallest absolute Gasteiger partial charge is 0.338 e. The van der Waals surface area contributed by atoms with E-state index in [1.54, 1.807) is 6.07 Å². The molecule has 1 spiro atoms. The van der Waals surface area contributed by atoms with Gasteiger partial charge in [0.15, 0.2) is 0 Å². The van der Waals surface area contributed by atoms with Gasteiger partial charge in [0.25, 0.3) is 0 Å². The van der Waals surface area contributed by atoms with E-state index in [1.807, 2.05) is 13.0 Å². The Labute approximate surface area is 148 Å². The fourth-order valence-corrected chi connectivity index (χ4v) is 4.14. The number of carbonyl (C=O) groups excluding carboxylic acids is 1. The van der Waals surface area contributed by atoms with Gasteiger partial charge in [0.1, 0.15) is 6.61 Å². The van der Waals surface area contributed by atoms with Gasteiger partial charge in [-0.05, 0) is 49.9 Å². The van der Waals surface area contributed by atoms with Crippen molar-refractivity contribution in [3.63, 3.8) is 0 Å². The second-order valence-corrected chi connectivity index (χ2v) is 7.16. The van der Waals surface area contributed by atoms with Gasteiger partial charge in [0, 0.05) is 30.7 Å². The number of nitrogens with one attached hydrogen (secondary N) is 1. The van der Waals surface area contributed by atoms with E-state index < -0.39 is 6.10 Å². The van der Waals surface area contributed by atoms with Gasteiger partial charge >= 0.3 is 5.97 Å². The number of halogens is 1. The molecule has 5 nitrogen and oxygen atoms in total. The van der Waals surface area contributed by atoms with E-state index in [4.69, 9.17) is 4.74 Å². The highest BCUT2D eigenvalue weighted by Crippen LogP contribution is 2.33. The van der Waals surface area contributed by atoms with Crippen LogP contribution in [0.1, 0.15) is 52.4 Å². The van der Waals surface area contributed by atoms with Crippen LogP contribution in [-0.4, -0.2) is 47.7 Å². The van der Waals surface area contributed by atoms with E-state index in [0.29, 0.717) is 24.3 Å². The molecule has 3 aliphatic heterocycles. The van der Waals surface area contributed by atoms with Gasteiger partial charge < -0.3 is 20.1 Å². The van der Waals surface area contributed by atoms with Gasteiger partial charge in [-0.2, -0.15) is 0 Å². The lowest BCUT2D eigenvalue weighted by Gasteiger charge is -2.49.